The Bertz CT molecular complexity index is 301. The summed E-state index contributed by atoms with van der Waals surface area (Å²) in [7, 11) is 2.01. The van der Waals surface area contributed by atoms with Crippen molar-refractivity contribution in [1.29, 1.82) is 0 Å². The van der Waals surface area contributed by atoms with Gasteiger partial charge >= 0.3 is 0 Å². The Balaban J connectivity index is 2.07. The summed E-state index contributed by atoms with van der Waals surface area (Å²) in [5.74, 6) is 1.42. The fourth-order valence-electron chi connectivity index (χ4n) is 2.22. The molecule has 2 unspecified atom stereocenters. The molecule has 78 valence electrons. The molecule has 0 spiro atoms. The van der Waals surface area contributed by atoms with E-state index in [1.165, 1.54) is 19.3 Å². The molecule has 0 saturated heterocycles. The lowest BCUT2D eigenvalue weighted by Crippen LogP contribution is -2.30. The molecular weight excluding hydrogens is 174 g/mol. The van der Waals surface area contributed by atoms with Crippen LogP contribution in [0.1, 0.15) is 37.9 Å². The van der Waals surface area contributed by atoms with E-state index in [1.54, 1.807) is 0 Å². The average molecular weight is 193 g/mol. The minimum absolute atomic E-state index is 0.146. The first-order valence-corrected chi connectivity index (χ1v) is 5.42. The molecule has 3 heteroatoms. The molecule has 1 aliphatic rings. The summed E-state index contributed by atoms with van der Waals surface area (Å²) in [5.41, 5.74) is 7.39. The Hall–Kier alpha value is -0.830. The summed E-state index contributed by atoms with van der Waals surface area (Å²) in [6.45, 7) is 2.27. The van der Waals surface area contributed by atoms with Crippen LogP contribution in [0, 0.1) is 11.8 Å². The van der Waals surface area contributed by atoms with E-state index in [1.807, 2.05) is 24.1 Å². The fraction of sp³-hybridized carbons (Fsp3) is 0.727. The van der Waals surface area contributed by atoms with Gasteiger partial charge in [-0.05, 0) is 11.8 Å². The first-order chi connectivity index (χ1) is 6.70. The number of nitrogens with zero attached hydrogens (tertiary/aromatic N) is 2. The molecular formula is C11H19N3. The highest BCUT2D eigenvalue weighted by atomic mass is 15.0. The van der Waals surface area contributed by atoms with Crippen molar-refractivity contribution in [2.24, 2.45) is 24.6 Å². The predicted molar refractivity (Wildman–Crippen MR) is 56.6 cm³/mol. The molecule has 1 saturated carbocycles. The zero-order chi connectivity index (χ0) is 10.1. The SMILES string of the molecule is CC(C1CCC1)C(N)c1cncn1C. The quantitative estimate of drug-likeness (QED) is 0.796. The Morgan fingerprint density at radius 1 is 1.57 bits per heavy atom. The normalized spacial score (nSPS) is 21.6. The van der Waals surface area contributed by atoms with Gasteiger partial charge in [0.25, 0.3) is 0 Å². The first kappa shape index (κ1) is 9.71. The van der Waals surface area contributed by atoms with E-state index in [4.69, 9.17) is 5.73 Å². The van der Waals surface area contributed by atoms with Crippen molar-refractivity contribution in [3.05, 3.63) is 18.2 Å². The standard InChI is InChI=1S/C11H19N3/c1-8(9-4-3-5-9)11(12)10-6-13-7-14(10)2/h6-9,11H,3-5,12H2,1-2H3. The van der Waals surface area contributed by atoms with Crippen molar-refractivity contribution < 1.29 is 0 Å². The molecule has 0 aromatic carbocycles. The Kier molecular flexibility index (Phi) is 2.59. The van der Waals surface area contributed by atoms with Crippen LogP contribution in [0.2, 0.25) is 0 Å². The first-order valence-electron chi connectivity index (χ1n) is 5.42. The summed E-state index contributed by atoms with van der Waals surface area (Å²) < 4.78 is 2.03. The van der Waals surface area contributed by atoms with Crippen LogP contribution in [0.15, 0.2) is 12.5 Å². The van der Waals surface area contributed by atoms with Gasteiger partial charge in [0.05, 0.1) is 12.0 Å². The van der Waals surface area contributed by atoms with Crippen molar-refractivity contribution in [2.45, 2.75) is 32.2 Å². The molecule has 1 heterocycles. The van der Waals surface area contributed by atoms with Crippen LogP contribution in [-0.2, 0) is 7.05 Å². The highest BCUT2D eigenvalue weighted by molar-refractivity contribution is 5.06. The van der Waals surface area contributed by atoms with Gasteiger partial charge in [0.2, 0.25) is 0 Å². The number of imidazole rings is 1. The van der Waals surface area contributed by atoms with Gasteiger partial charge in [-0.2, -0.15) is 0 Å². The molecule has 1 fully saturated rings. The molecule has 0 amide bonds. The lowest BCUT2D eigenvalue weighted by atomic mass is 9.73. The Labute approximate surface area is 85.3 Å². The molecule has 1 aromatic heterocycles. The number of aryl methyl sites for hydroxylation is 1. The summed E-state index contributed by atoms with van der Waals surface area (Å²) in [4.78, 5) is 4.11. The molecule has 0 aliphatic heterocycles. The topological polar surface area (TPSA) is 43.8 Å². The number of rotatable bonds is 3. The molecule has 2 atom stereocenters. The van der Waals surface area contributed by atoms with E-state index >= 15 is 0 Å². The van der Waals surface area contributed by atoms with Gasteiger partial charge < -0.3 is 10.3 Å². The van der Waals surface area contributed by atoms with Crippen LogP contribution in [0.25, 0.3) is 0 Å². The van der Waals surface area contributed by atoms with Crippen LogP contribution in [0.3, 0.4) is 0 Å². The third kappa shape index (κ3) is 1.57. The van der Waals surface area contributed by atoms with Gasteiger partial charge in [-0.15, -0.1) is 0 Å². The van der Waals surface area contributed by atoms with Crippen molar-refractivity contribution in [1.82, 2.24) is 9.55 Å². The number of nitrogens with two attached hydrogens (primary N) is 1. The van der Waals surface area contributed by atoms with Crippen molar-refractivity contribution in [3.63, 3.8) is 0 Å². The van der Waals surface area contributed by atoms with Gasteiger partial charge in [-0.1, -0.05) is 26.2 Å². The molecule has 1 aromatic rings. The van der Waals surface area contributed by atoms with Crippen LogP contribution >= 0.6 is 0 Å². The minimum atomic E-state index is 0.146. The van der Waals surface area contributed by atoms with Gasteiger partial charge in [0.1, 0.15) is 0 Å². The van der Waals surface area contributed by atoms with Crippen LogP contribution < -0.4 is 5.73 Å². The fourth-order valence-corrected chi connectivity index (χ4v) is 2.22. The molecule has 1 aliphatic carbocycles. The zero-order valence-corrected chi connectivity index (χ0v) is 8.98. The molecule has 0 bridgehead atoms. The van der Waals surface area contributed by atoms with Crippen LogP contribution in [-0.4, -0.2) is 9.55 Å². The molecule has 3 nitrogen and oxygen atoms in total. The maximum Gasteiger partial charge on any atom is 0.0946 e. The second kappa shape index (κ2) is 3.73. The largest absolute Gasteiger partial charge is 0.336 e. The van der Waals surface area contributed by atoms with Gasteiger partial charge in [0, 0.05) is 19.3 Å². The maximum absolute atomic E-state index is 6.23. The average Bonchev–Trinajstić information content (AvgIpc) is 2.47. The summed E-state index contributed by atoms with van der Waals surface area (Å²) in [5, 5.41) is 0. The zero-order valence-electron chi connectivity index (χ0n) is 8.98. The van der Waals surface area contributed by atoms with E-state index in [0.717, 1.165) is 11.6 Å². The highest BCUT2D eigenvalue weighted by Gasteiger charge is 2.29. The lowest BCUT2D eigenvalue weighted by Gasteiger charge is -2.34. The van der Waals surface area contributed by atoms with E-state index < -0.39 is 0 Å². The van der Waals surface area contributed by atoms with Crippen LogP contribution in [0.4, 0.5) is 0 Å². The third-order valence-electron chi connectivity index (χ3n) is 3.66. The second-order valence-electron chi connectivity index (χ2n) is 4.51. The summed E-state index contributed by atoms with van der Waals surface area (Å²) in [6, 6.07) is 0.146. The molecule has 2 N–H and O–H groups in total. The van der Waals surface area contributed by atoms with Crippen molar-refractivity contribution >= 4 is 0 Å². The maximum atomic E-state index is 6.23. The Morgan fingerprint density at radius 3 is 2.71 bits per heavy atom. The van der Waals surface area contributed by atoms with Gasteiger partial charge in [0.15, 0.2) is 0 Å². The monoisotopic (exact) mass is 193 g/mol. The van der Waals surface area contributed by atoms with E-state index in [9.17, 15) is 0 Å². The molecule has 0 radical (unpaired) electrons. The number of hydrogen-bond acceptors (Lipinski definition) is 2. The third-order valence-corrected chi connectivity index (χ3v) is 3.66. The van der Waals surface area contributed by atoms with Gasteiger partial charge in [-0.25, -0.2) is 4.98 Å². The number of hydrogen-bond donors (Lipinski definition) is 1. The van der Waals surface area contributed by atoms with Crippen molar-refractivity contribution in [2.75, 3.05) is 0 Å². The summed E-state index contributed by atoms with van der Waals surface area (Å²) in [6.07, 6.45) is 7.80. The molecule has 14 heavy (non-hydrogen) atoms. The van der Waals surface area contributed by atoms with E-state index in [2.05, 4.69) is 11.9 Å². The Morgan fingerprint density at radius 2 is 2.29 bits per heavy atom. The molecule has 2 rings (SSSR count). The minimum Gasteiger partial charge on any atom is -0.336 e. The smallest absolute Gasteiger partial charge is 0.0946 e. The van der Waals surface area contributed by atoms with Crippen molar-refractivity contribution in [3.8, 4) is 0 Å². The lowest BCUT2D eigenvalue weighted by molar-refractivity contribution is 0.190. The van der Waals surface area contributed by atoms with Crippen LogP contribution in [0.5, 0.6) is 0 Å². The van der Waals surface area contributed by atoms with E-state index in [-0.39, 0.29) is 6.04 Å². The predicted octanol–water partition coefficient (Wildman–Crippen LogP) is 1.86. The van der Waals surface area contributed by atoms with E-state index in [0.29, 0.717) is 5.92 Å². The second-order valence-corrected chi connectivity index (χ2v) is 4.51. The summed E-state index contributed by atoms with van der Waals surface area (Å²) >= 11 is 0. The highest BCUT2D eigenvalue weighted by Crippen LogP contribution is 2.38. The number of aromatic nitrogens is 2. The van der Waals surface area contributed by atoms with Gasteiger partial charge in [-0.3, -0.25) is 0 Å².